The highest BCUT2D eigenvalue weighted by atomic mass is 127. The van der Waals surface area contributed by atoms with Gasteiger partial charge in [-0.05, 0) is 59.7 Å². The maximum absolute atomic E-state index is 15.1. The van der Waals surface area contributed by atoms with Gasteiger partial charge in [0.05, 0.1) is 36.7 Å². The van der Waals surface area contributed by atoms with Crippen LogP contribution in [0.2, 0.25) is 0 Å². The molecule has 7 nitrogen and oxygen atoms in total. The predicted molar refractivity (Wildman–Crippen MR) is 118 cm³/mol. The molecule has 32 heavy (non-hydrogen) atoms. The number of benzene rings is 2. The van der Waals surface area contributed by atoms with Gasteiger partial charge in [-0.3, -0.25) is 19.3 Å². The van der Waals surface area contributed by atoms with Crippen LogP contribution < -0.4 is 10.8 Å². The van der Waals surface area contributed by atoms with Gasteiger partial charge in [-0.25, -0.2) is 23.7 Å². The number of carbonyl (C=O) groups is 2. The van der Waals surface area contributed by atoms with Crippen LogP contribution in [0.5, 0.6) is 0 Å². The highest BCUT2D eigenvalue weighted by molar-refractivity contribution is 14.1. The SMILES string of the molecule is CCCONC(=O)c1cc(CN2OCCCC2=O)c(F)c(F)c1Nc1ccc(I)cc1F. The minimum atomic E-state index is -1.40. The standard InChI is InChI=1S/C21H21F3IN3O4/c1-2-7-31-27-21(30)14-9-12(11-28-17(29)4-3-8-32-28)18(23)19(24)20(14)26-16-6-5-13(25)10-15(16)22/h5-6,9-10,26H,2-4,7-8,11H2,1H3,(H,27,30). The minimum absolute atomic E-state index is 0.144. The molecule has 0 unspecified atom stereocenters. The van der Waals surface area contributed by atoms with E-state index < -0.39 is 35.6 Å². The molecule has 0 atom stereocenters. The zero-order valence-electron chi connectivity index (χ0n) is 17.1. The van der Waals surface area contributed by atoms with E-state index in [0.717, 1.165) is 11.1 Å². The van der Waals surface area contributed by atoms with E-state index in [4.69, 9.17) is 9.68 Å². The number of halogens is 4. The molecule has 2 N–H and O–H groups in total. The zero-order valence-corrected chi connectivity index (χ0v) is 19.3. The van der Waals surface area contributed by atoms with Crippen molar-refractivity contribution in [3.05, 3.63) is 56.4 Å². The number of anilines is 2. The van der Waals surface area contributed by atoms with Crippen LogP contribution in [0.4, 0.5) is 24.5 Å². The molecule has 172 valence electrons. The van der Waals surface area contributed by atoms with Gasteiger partial charge in [-0.2, -0.15) is 0 Å². The second-order valence-electron chi connectivity index (χ2n) is 6.98. The van der Waals surface area contributed by atoms with Crippen LogP contribution in [-0.4, -0.2) is 30.1 Å². The van der Waals surface area contributed by atoms with Gasteiger partial charge in [-0.15, -0.1) is 0 Å². The van der Waals surface area contributed by atoms with E-state index in [2.05, 4.69) is 10.8 Å². The summed E-state index contributed by atoms with van der Waals surface area (Å²) >= 11 is 1.91. The summed E-state index contributed by atoms with van der Waals surface area (Å²) in [6, 6.07) is 5.20. The lowest BCUT2D eigenvalue weighted by Gasteiger charge is -2.26. The van der Waals surface area contributed by atoms with Gasteiger partial charge in [-0.1, -0.05) is 6.92 Å². The molecule has 1 aliphatic rings. The van der Waals surface area contributed by atoms with E-state index in [1.54, 1.807) is 6.07 Å². The normalized spacial score (nSPS) is 13.9. The number of nitrogens with zero attached hydrogens (tertiary/aromatic N) is 1. The molecule has 0 aromatic heterocycles. The Morgan fingerprint density at radius 1 is 1.25 bits per heavy atom. The molecule has 0 spiro atoms. The Hall–Kier alpha value is -2.38. The summed E-state index contributed by atoms with van der Waals surface area (Å²) in [5.41, 5.74) is 0.864. The Kier molecular flexibility index (Phi) is 8.32. The number of hydrogen-bond donors (Lipinski definition) is 2. The summed E-state index contributed by atoms with van der Waals surface area (Å²) in [7, 11) is 0. The largest absolute Gasteiger partial charge is 0.350 e. The monoisotopic (exact) mass is 563 g/mol. The van der Waals surface area contributed by atoms with Gasteiger partial charge in [0.25, 0.3) is 5.91 Å². The fourth-order valence-electron chi connectivity index (χ4n) is 2.98. The number of rotatable bonds is 8. The van der Waals surface area contributed by atoms with Crippen molar-refractivity contribution in [2.24, 2.45) is 0 Å². The average molecular weight is 563 g/mol. The van der Waals surface area contributed by atoms with E-state index in [1.807, 2.05) is 29.5 Å². The molecule has 1 fully saturated rings. The van der Waals surface area contributed by atoms with Crippen LogP contribution >= 0.6 is 22.6 Å². The Morgan fingerprint density at radius 3 is 2.72 bits per heavy atom. The van der Waals surface area contributed by atoms with Crippen molar-refractivity contribution in [1.29, 1.82) is 0 Å². The van der Waals surface area contributed by atoms with Crippen LogP contribution in [0.1, 0.15) is 42.1 Å². The summed E-state index contributed by atoms with van der Waals surface area (Å²) in [6.07, 6.45) is 1.35. The fourth-order valence-corrected chi connectivity index (χ4v) is 3.43. The first-order valence-corrected chi connectivity index (χ1v) is 11.0. The molecular weight excluding hydrogens is 542 g/mol. The molecule has 2 amide bonds. The maximum Gasteiger partial charge on any atom is 0.277 e. The fraction of sp³-hybridized carbons (Fsp3) is 0.333. The van der Waals surface area contributed by atoms with Gasteiger partial charge >= 0.3 is 0 Å². The molecule has 0 bridgehead atoms. The second kappa shape index (κ2) is 11.0. The molecule has 3 rings (SSSR count). The van der Waals surface area contributed by atoms with E-state index in [9.17, 15) is 18.4 Å². The predicted octanol–water partition coefficient (Wildman–Crippen LogP) is 4.58. The number of carbonyl (C=O) groups excluding carboxylic acids is 2. The molecule has 0 saturated carbocycles. The number of nitrogens with one attached hydrogen (secondary N) is 2. The van der Waals surface area contributed by atoms with Crippen molar-refractivity contribution in [3.63, 3.8) is 0 Å². The van der Waals surface area contributed by atoms with Crippen LogP contribution in [-0.2, 0) is 21.0 Å². The Morgan fingerprint density at radius 2 is 2.03 bits per heavy atom. The summed E-state index contributed by atoms with van der Waals surface area (Å²) in [5, 5.41) is 3.40. The Balaban J connectivity index is 2.00. The second-order valence-corrected chi connectivity index (χ2v) is 8.23. The van der Waals surface area contributed by atoms with Crippen LogP contribution in [0.3, 0.4) is 0 Å². The smallest absolute Gasteiger partial charge is 0.277 e. The van der Waals surface area contributed by atoms with Gasteiger partial charge in [0.1, 0.15) is 5.82 Å². The number of hydroxylamine groups is 3. The van der Waals surface area contributed by atoms with E-state index in [1.165, 1.54) is 12.1 Å². The summed E-state index contributed by atoms with van der Waals surface area (Å²) in [6.45, 7) is 1.90. The molecule has 2 aromatic rings. The molecule has 1 saturated heterocycles. The van der Waals surface area contributed by atoms with Crippen molar-refractivity contribution in [2.45, 2.75) is 32.7 Å². The van der Waals surface area contributed by atoms with Crippen LogP contribution in [0, 0.1) is 21.0 Å². The number of hydrogen-bond acceptors (Lipinski definition) is 5. The highest BCUT2D eigenvalue weighted by Gasteiger charge is 2.27. The molecular formula is C21H21F3IN3O4. The third-order valence-corrected chi connectivity index (χ3v) is 5.23. The lowest BCUT2D eigenvalue weighted by atomic mass is 10.0. The first-order chi connectivity index (χ1) is 15.3. The summed E-state index contributed by atoms with van der Waals surface area (Å²) in [5.74, 6) is -4.63. The maximum atomic E-state index is 15.1. The highest BCUT2D eigenvalue weighted by Crippen LogP contribution is 2.31. The van der Waals surface area contributed by atoms with Gasteiger partial charge in [0.15, 0.2) is 11.6 Å². The topological polar surface area (TPSA) is 79.9 Å². The van der Waals surface area contributed by atoms with E-state index in [-0.39, 0.29) is 42.4 Å². The van der Waals surface area contributed by atoms with Gasteiger partial charge < -0.3 is 5.32 Å². The van der Waals surface area contributed by atoms with Gasteiger partial charge in [0, 0.05) is 15.6 Å². The quantitative estimate of drug-likeness (QED) is 0.280. The molecule has 11 heteroatoms. The third kappa shape index (κ3) is 5.70. The van der Waals surface area contributed by atoms with Crippen molar-refractivity contribution in [1.82, 2.24) is 10.5 Å². The third-order valence-electron chi connectivity index (χ3n) is 4.56. The van der Waals surface area contributed by atoms with E-state index in [0.29, 0.717) is 16.4 Å². The molecule has 1 aliphatic heterocycles. The van der Waals surface area contributed by atoms with Crippen molar-refractivity contribution in [2.75, 3.05) is 18.5 Å². The molecule has 0 aliphatic carbocycles. The van der Waals surface area contributed by atoms with Crippen LogP contribution in [0.15, 0.2) is 24.3 Å². The van der Waals surface area contributed by atoms with Crippen LogP contribution in [0.25, 0.3) is 0 Å². The Labute approximate surface area is 196 Å². The van der Waals surface area contributed by atoms with Crippen molar-refractivity contribution in [3.8, 4) is 0 Å². The number of amides is 2. The molecule has 1 heterocycles. The first kappa shape index (κ1) is 24.3. The summed E-state index contributed by atoms with van der Waals surface area (Å²) < 4.78 is 44.9. The summed E-state index contributed by atoms with van der Waals surface area (Å²) in [4.78, 5) is 34.9. The van der Waals surface area contributed by atoms with Gasteiger partial charge in [0.2, 0.25) is 5.91 Å². The lowest BCUT2D eigenvalue weighted by molar-refractivity contribution is -0.202. The van der Waals surface area contributed by atoms with E-state index >= 15 is 4.39 Å². The minimum Gasteiger partial charge on any atom is -0.350 e. The van der Waals surface area contributed by atoms with Crippen molar-refractivity contribution >= 4 is 45.8 Å². The molecule has 2 aromatic carbocycles. The lowest BCUT2D eigenvalue weighted by Crippen LogP contribution is -2.35. The molecule has 0 radical (unpaired) electrons. The van der Waals surface area contributed by atoms with Crippen molar-refractivity contribution < 1.29 is 32.4 Å². The first-order valence-electron chi connectivity index (χ1n) is 9.90. The Bertz CT molecular complexity index is 1020. The average Bonchev–Trinajstić information content (AvgIpc) is 2.76. The zero-order chi connectivity index (χ0) is 23.3.